The van der Waals surface area contributed by atoms with Gasteiger partial charge in [0.2, 0.25) is 0 Å². The van der Waals surface area contributed by atoms with Crippen molar-refractivity contribution in [1.82, 2.24) is 14.9 Å². The van der Waals surface area contributed by atoms with Crippen LogP contribution in [0.15, 0.2) is 12.5 Å². The average Bonchev–Trinajstić information content (AvgIpc) is 2.97. The van der Waals surface area contributed by atoms with Gasteiger partial charge in [0.25, 0.3) is 0 Å². The van der Waals surface area contributed by atoms with Crippen LogP contribution in [0.25, 0.3) is 0 Å². The molecule has 1 aromatic heterocycles. The van der Waals surface area contributed by atoms with E-state index in [1.807, 2.05) is 12.5 Å². The van der Waals surface area contributed by atoms with Gasteiger partial charge < -0.3 is 4.57 Å². The smallest absolute Gasteiger partial charge is 0.138 e. The summed E-state index contributed by atoms with van der Waals surface area (Å²) in [6.07, 6.45) is 9.64. The molecule has 1 aliphatic rings. The van der Waals surface area contributed by atoms with Crippen molar-refractivity contribution < 1.29 is 0 Å². The molecule has 0 amide bonds. The molecule has 1 fully saturated rings. The van der Waals surface area contributed by atoms with E-state index in [9.17, 15) is 5.26 Å². The first-order chi connectivity index (χ1) is 8.35. The fourth-order valence-corrected chi connectivity index (χ4v) is 2.52. The van der Waals surface area contributed by atoms with Crippen molar-refractivity contribution in [2.24, 2.45) is 0 Å². The summed E-state index contributed by atoms with van der Waals surface area (Å²) in [5, 5.41) is 12.7. The molecule has 2 rings (SSSR count). The van der Waals surface area contributed by atoms with E-state index in [2.05, 4.69) is 27.9 Å². The summed E-state index contributed by atoms with van der Waals surface area (Å²) >= 11 is 0. The summed E-state index contributed by atoms with van der Waals surface area (Å²) in [6.45, 7) is 3.06. The van der Waals surface area contributed by atoms with Crippen LogP contribution in [0.2, 0.25) is 0 Å². The highest BCUT2D eigenvalue weighted by molar-refractivity contribution is 5.14. The van der Waals surface area contributed by atoms with Gasteiger partial charge >= 0.3 is 0 Å². The molecule has 1 unspecified atom stereocenters. The van der Waals surface area contributed by atoms with E-state index in [0.29, 0.717) is 6.04 Å². The standard InChI is InChI=1S/C13H20N4/c1-2-7-17-10-15-9-13(17)12(8-14)16-11-5-3-4-6-11/h9-12,16H,2-7H2,1H3. The number of imidazole rings is 1. The zero-order valence-electron chi connectivity index (χ0n) is 10.4. The second-order valence-corrected chi connectivity index (χ2v) is 4.72. The summed E-state index contributed by atoms with van der Waals surface area (Å²) in [7, 11) is 0. The number of aromatic nitrogens is 2. The third-order valence-electron chi connectivity index (χ3n) is 3.39. The lowest BCUT2D eigenvalue weighted by Gasteiger charge is -2.18. The normalized spacial score (nSPS) is 18.1. The van der Waals surface area contributed by atoms with Gasteiger partial charge in [-0.3, -0.25) is 5.32 Å². The van der Waals surface area contributed by atoms with Crippen molar-refractivity contribution in [2.45, 2.75) is 57.7 Å². The number of nitriles is 1. The highest BCUT2D eigenvalue weighted by atomic mass is 15.1. The number of hydrogen-bond donors (Lipinski definition) is 1. The molecule has 1 N–H and O–H groups in total. The van der Waals surface area contributed by atoms with Gasteiger partial charge in [-0.15, -0.1) is 0 Å². The molecule has 1 heterocycles. The molecule has 0 spiro atoms. The van der Waals surface area contributed by atoms with Gasteiger partial charge in [-0.25, -0.2) is 4.98 Å². The first-order valence-electron chi connectivity index (χ1n) is 6.51. The highest BCUT2D eigenvalue weighted by Crippen LogP contribution is 2.22. The van der Waals surface area contributed by atoms with E-state index in [1.54, 1.807) is 0 Å². The van der Waals surface area contributed by atoms with Gasteiger partial charge in [-0.1, -0.05) is 19.8 Å². The van der Waals surface area contributed by atoms with Crippen LogP contribution in [0.3, 0.4) is 0 Å². The predicted molar refractivity (Wildman–Crippen MR) is 66.3 cm³/mol. The minimum atomic E-state index is -0.216. The Balaban J connectivity index is 2.06. The highest BCUT2D eigenvalue weighted by Gasteiger charge is 2.21. The van der Waals surface area contributed by atoms with Crippen LogP contribution in [-0.2, 0) is 6.54 Å². The molecule has 0 bridgehead atoms. The zero-order valence-corrected chi connectivity index (χ0v) is 10.4. The molecular weight excluding hydrogens is 212 g/mol. The molecule has 0 aromatic carbocycles. The second kappa shape index (κ2) is 5.83. The van der Waals surface area contributed by atoms with E-state index >= 15 is 0 Å². The lowest BCUT2D eigenvalue weighted by atomic mass is 10.1. The minimum Gasteiger partial charge on any atom is -0.332 e. The Labute approximate surface area is 103 Å². The van der Waals surface area contributed by atoms with Crippen molar-refractivity contribution >= 4 is 0 Å². The van der Waals surface area contributed by atoms with E-state index in [1.165, 1.54) is 25.7 Å². The van der Waals surface area contributed by atoms with Crippen LogP contribution in [-0.4, -0.2) is 15.6 Å². The quantitative estimate of drug-likeness (QED) is 0.848. The monoisotopic (exact) mass is 232 g/mol. The first-order valence-corrected chi connectivity index (χ1v) is 6.51. The van der Waals surface area contributed by atoms with Crippen LogP contribution >= 0.6 is 0 Å². The number of nitrogens with zero attached hydrogens (tertiary/aromatic N) is 3. The van der Waals surface area contributed by atoms with Crippen molar-refractivity contribution in [3.8, 4) is 6.07 Å². The molecule has 92 valence electrons. The number of nitrogens with one attached hydrogen (secondary N) is 1. The zero-order chi connectivity index (χ0) is 12.1. The molecule has 0 radical (unpaired) electrons. The topological polar surface area (TPSA) is 53.6 Å². The molecule has 17 heavy (non-hydrogen) atoms. The summed E-state index contributed by atoms with van der Waals surface area (Å²) < 4.78 is 2.08. The van der Waals surface area contributed by atoms with Crippen LogP contribution in [0.4, 0.5) is 0 Å². The van der Waals surface area contributed by atoms with Crippen LogP contribution in [0, 0.1) is 11.3 Å². The molecule has 1 aliphatic carbocycles. The van der Waals surface area contributed by atoms with Crippen molar-refractivity contribution in [3.05, 3.63) is 18.2 Å². The van der Waals surface area contributed by atoms with Crippen molar-refractivity contribution in [3.63, 3.8) is 0 Å². The molecule has 0 aliphatic heterocycles. The molecule has 4 heteroatoms. The number of rotatable bonds is 5. The van der Waals surface area contributed by atoms with Crippen LogP contribution in [0.5, 0.6) is 0 Å². The van der Waals surface area contributed by atoms with E-state index in [-0.39, 0.29) is 6.04 Å². The van der Waals surface area contributed by atoms with Crippen molar-refractivity contribution in [1.29, 1.82) is 5.26 Å². The Bertz CT molecular complexity index is 384. The fourth-order valence-electron chi connectivity index (χ4n) is 2.52. The molecule has 1 saturated carbocycles. The lowest BCUT2D eigenvalue weighted by molar-refractivity contribution is 0.472. The maximum Gasteiger partial charge on any atom is 0.138 e. The van der Waals surface area contributed by atoms with E-state index in [4.69, 9.17) is 0 Å². The van der Waals surface area contributed by atoms with Gasteiger partial charge in [0.15, 0.2) is 0 Å². The Morgan fingerprint density at radius 2 is 2.35 bits per heavy atom. The Morgan fingerprint density at radius 1 is 1.59 bits per heavy atom. The molecule has 1 aromatic rings. The molecular formula is C13H20N4. The maximum absolute atomic E-state index is 9.30. The summed E-state index contributed by atoms with van der Waals surface area (Å²) in [6, 6.07) is 2.65. The third-order valence-corrected chi connectivity index (χ3v) is 3.39. The maximum atomic E-state index is 9.30. The Hall–Kier alpha value is -1.34. The Morgan fingerprint density at radius 3 is 3.00 bits per heavy atom. The van der Waals surface area contributed by atoms with Gasteiger partial charge in [0.05, 0.1) is 24.3 Å². The van der Waals surface area contributed by atoms with Crippen LogP contribution in [0.1, 0.15) is 50.8 Å². The minimum absolute atomic E-state index is 0.216. The number of aryl methyl sites for hydroxylation is 1. The molecule has 1 atom stereocenters. The average molecular weight is 232 g/mol. The molecule has 4 nitrogen and oxygen atoms in total. The Kier molecular flexibility index (Phi) is 4.16. The van der Waals surface area contributed by atoms with Gasteiger partial charge in [0, 0.05) is 12.6 Å². The van der Waals surface area contributed by atoms with E-state index < -0.39 is 0 Å². The number of hydrogen-bond acceptors (Lipinski definition) is 3. The van der Waals surface area contributed by atoms with Crippen molar-refractivity contribution in [2.75, 3.05) is 0 Å². The fraction of sp³-hybridized carbons (Fsp3) is 0.692. The van der Waals surface area contributed by atoms with Gasteiger partial charge in [0.1, 0.15) is 6.04 Å². The van der Waals surface area contributed by atoms with Gasteiger partial charge in [-0.05, 0) is 19.3 Å². The summed E-state index contributed by atoms with van der Waals surface area (Å²) in [5.41, 5.74) is 1.00. The van der Waals surface area contributed by atoms with Gasteiger partial charge in [-0.2, -0.15) is 5.26 Å². The summed E-state index contributed by atoms with van der Waals surface area (Å²) in [5.74, 6) is 0. The van der Waals surface area contributed by atoms with Crippen LogP contribution < -0.4 is 5.32 Å². The predicted octanol–water partition coefficient (Wildman–Crippen LogP) is 2.39. The largest absolute Gasteiger partial charge is 0.332 e. The first kappa shape index (κ1) is 12.1. The van der Waals surface area contributed by atoms with E-state index in [0.717, 1.165) is 18.7 Å². The second-order valence-electron chi connectivity index (χ2n) is 4.72. The third kappa shape index (κ3) is 2.86. The lowest BCUT2D eigenvalue weighted by Crippen LogP contribution is -2.31. The molecule has 0 saturated heterocycles. The summed E-state index contributed by atoms with van der Waals surface area (Å²) in [4.78, 5) is 4.16. The SMILES string of the molecule is CCCn1cncc1C(C#N)NC1CCCC1.